The number of carboxylic acids is 1. The summed E-state index contributed by atoms with van der Waals surface area (Å²) in [7, 11) is 0. The number of ether oxygens (including phenoxy) is 1. The van der Waals surface area contributed by atoms with Crippen LogP contribution in [0.2, 0.25) is 5.02 Å². The van der Waals surface area contributed by atoms with E-state index in [1.165, 1.54) is 0 Å². The number of nitrogens with one attached hydrogen (secondary N) is 1. The van der Waals surface area contributed by atoms with Crippen molar-refractivity contribution in [2.45, 2.75) is 19.1 Å². The van der Waals surface area contributed by atoms with E-state index in [0.29, 0.717) is 24.7 Å². The fraction of sp³-hybridized carbons (Fsp3) is 0.208. The number of hydrogen-bond acceptors (Lipinski definition) is 4. The zero-order valence-corrected chi connectivity index (χ0v) is 17.0. The summed E-state index contributed by atoms with van der Waals surface area (Å²) < 4.78 is 5.80. The summed E-state index contributed by atoms with van der Waals surface area (Å²) in [6.07, 6.45) is 0.175. The molecule has 0 bridgehead atoms. The average Bonchev–Trinajstić information content (AvgIpc) is 2.76. The second kappa shape index (κ2) is 8.88. The Balaban J connectivity index is 1.40. The lowest BCUT2D eigenvalue weighted by atomic mass is 9.93. The van der Waals surface area contributed by atoms with Gasteiger partial charge in [0.05, 0.1) is 11.7 Å². The van der Waals surface area contributed by atoms with Gasteiger partial charge >= 0.3 is 5.97 Å². The standard InChI is InChI=1S/C24H22ClNO4/c25-19-3-1-2-16(12-19)22(27)13-26-9-8-15-4-7-23-21(10-15)20-6-5-17(24(28)29)11-18(20)14-30-23/h1-7,10-12,22,26-27H,8-9,13-14H2,(H,28,29)/t22-/m1/s1. The van der Waals surface area contributed by atoms with E-state index in [9.17, 15) is 15.0 Å². The Kier molecular flexibility index (Phi) is 6.04. The van der Waals surface area contributed by atoms with E-state index in [-0.39, 0.29) is 5.56 Å². The largest absolute Gasteiger partial charge is 0.488 e. The van der Waals surface area contributed by atoms with Crippen molar-refractivity contribution < 1.29 is 19.7 Å². The molecule has 1 aliphatic heterocycles. The van der Waals surface area contributed by atoms with Crippen LogP contribution in [0.25, 0.3) is 11.1 Å². The molecule has 0 saturated carbocycles. The highest BCUT2D eigenvalue weighted by molar-refractivity contribution is 6.30. The number of aliphatic hydroxyl groups excluding tert-OH is 1. The fourth-order valence-electron chi connectivity index (χ4n) is 3.64. The summed E-state index contributed by atoms with van der Waals surface area (Å²) in [6, 6.07) is 18.5. The van der Waals surface area contributed by atoms with E-state index >= 15 is 0 Å². The van der Waals surface area contributed by atoms with Gasteiger partial charge in [0.2, 0.25) is 0 Å². The van der Waals surface area contributed by atoms with Gasteiger partial charge in [-0.1, -0.05) is 35.9 Å². The summed E-state index contributed by atoms with van der Waals surface area (Å²) in [5.74, 6) is -0.137. The molecule has 0 radical (unpaired) electrons. The molecule has 0 aliphatic carbocycles. The lowest BCUT2D eigenvalue weighted by Gasteiger charge is -2.22. The molecule has 4 rings (SSSR count). The summed E-state index contributed by atoms with van der Waals surface area (Å²) in [5.41, 5.74) is 5.05. The van der Waals surface area contributed by atoms with Crippen molar-refractivity contribution in [3.63, 3.8) is 0 Å². The maximum Gasteiger partial charge on any atom is 0.335 e. The zero-order chi connectivity index (χ0) is 21.1. The van der Waals surface area contributed by atoms with E-state index in [1.54, 1.807) is 24.3 Å². The number of rotatable bonds is 7. The molecule has 1 heterocycles. The number of benzene rings is 3. The number of fused-ring (bicyclic) bond motifs is 3. The van der Waals surface area contributed by atoms with Gasteiger partial charge in [0.25, 0.3) is 0 Å². The molecule has 1 atom stereocenters. The number of aliphatic hydroxyl groups is 1. The Hall–Kier alpha value is -2.86. The smallest absolute Gasteiger partial charge is 0.335 e. The van der Waals surface area contributed by atoms with Gasteiger partial charge in [-0.2, -0.15) is 0 Å². The van der Waals surface area contributed by atoms with Crippen LogP contribution in [0, 0.1) is 0 Å². The van der Waals surface area contributed by atoms with Crippen LogP contribution in [0.3, 0.4) is 0 Å². The minimum Gasteiger partial charge on any atom is -0.488 e. The third-order valence-corrected chi connectivity index (χ3v) is 5.47. The molecule has 3 aromatic rings. The van der Waals surface area contributed by atoms with Gasteiger partial charge in [0, 0.05) is 17.1 Å². The molecule has 6 heteroatoms. The molecule has 0 spiro atoms. The monoisotopic (exact) mass is 423 g/mol. The molecule has 154 valence electrons. The van der Waals surface area contributed by atoms with E-state index in [4.69, 9.17) is 16.3 Å². The topological polar surface area (TPSA) is 78.8 Å². The van der Waals surface area contributed by atoms with Gasteiger partial charge < -0.3 is 20.3 Å². The predicted molar refractivity (Wildman–Crippen MR) is 116 cm³/mol. The SMILES string of the molecule is O=C(O)c1ccc2c(c1)COc1ccc(CCNC[C@@H](O)c3cccc(Cl)c3)cc1-2. The minimum atomic E-state index is -0.941. The summed E-state index contributed by atoms with van der Waals surface area (Å²) in [6.45, 7) is 1.52. The van der Waals surface area contributed by atoms with Crippen molar-refractivity contribution >= 4 is 17.6 Å². The summed E-state index contributed by atoms with van der Waals surface area (Å²) in [4.78, 5) is 11.2. The molecule has 0 aromatic heterocycles. The highest BCUT2D eigenvalue weighted by Crippen LogP contribution is 2.38. The Morgan fingerprint density at radius 1 is 1.10 bits per heavy atom. The molecular formula is C24H22ClNO4. The molecule has 30 heavy (non-hydrogen) atoms. The lowest BCUT2D eigenvalue weighted by molar-refractivity contribution is 0.0696. The van der Waals surface area contributed by atoms with Crippen LogP contribution in [0.15, 0.2) is 60.7 Å². The highest BCUT2D eigenvalue weighted by Gasteiger charge is 2.19. The molecule has 0 fully saturated rings. The third-order valence-electron chi connectivity index (χ3n) is 5.23. The van der Waals surface area contributed by atoms with Gasteiger partial charge in [0.1, 0.15) is 12.4 Å². The second-order valence-corrected chi connectivity index (χ2v) is 7.76. The highest BCUT2D eigenvalue weighted by atomic mass is 35.5. The van der Waals surface area contributed by atoms with Gasteiger partial charge in [-0.05, 0) is 71.6 Å². The first-order valence-corrected chi connectivity index (χ1v) is 10.2. The fourth-order valence-corrected chi connectivity index (χ4v) is 3.84. The van der Waals surface area contributed by atoms with Crippen LogP contribution in [0.5, 0.6) is 5.75 Å². The molecule has 0 saturated heterocycles. The molecule has 0 amide bonds. The Morgan fingerprint density at radius 2 is 1.97 bits per heavy atom. The van der Waals surface area contributed by atoms with Crippen LogP contribution in [-0.4, -0.2) is 29.3 Å². The minimum absolute atomic E-state index is 0.263. The normalized spacial score (nSPS) is 13.1. The average molecular weight is 424 g/mol. The van der Waals surface area contributed by atoms with E-state index in [1.807, 2.05) is 30.3 Å². The molecule has 3 aromatic carbocycles. The van der Waals surface area contributed by atoms with Crippen molar-refractivity contribution in [3.05, 3.63) is 87.9 Å². The third kappa shape index (κ3) is 4.49. The number of halogens is 1. The van der Waals surface area contributed by atoms with E-state index < -0.39 is 12.1 Å². The van der Waals surface area contributed by atoms with Crippen molar-refractivity contribution in [3.8, 4) is 16.9 Å². The zero-order valence-electron chi connectivity index (χ0n) is 16.3. The quantitative estimate of drug-likeness (QED) is 0.489. The molecule has 3 N–H and O–H groups in total. The molecule has 0 unspecified atom stereocenters. The number of hydrogen-bond donors (Lipinski definition) is 3. The summed E-state index contributed by atoms with van der Waals surface area (Å²) >= 11 is 5.98. The van der Waals surface area contributed by atoms with Crippen molar-refractivity contribution in [2.75, 3.05) is 13.1 Å². The van der Waals surface area contributed by atoms with Crippen molar-refractivity contribution in [1.29, 1.82) is 0 Å². The predicted octanol–water partition coefficient (Wildman–Crippen LogP) is 4.46. The first-order valence-electron chi connectivity index (χ1n) is 9.78. The first kappa shape index (κ1) is 20.4. The second-order valence-electron chi connectivity index (χ2n) is 7.32. The Bertz CT molecular complexity index is 1080. The molecular weight excluding hydrogens is 402 g/mol. The maximum absolute atomic E-state index is 11.2. The van der Waals surface area contributed by atoms with Crippen molar-refractivity contribution in [2.24, 2.45) is 0 Å². The lowest BCUT2D eigenvalue weighted by Crippen LogP contribution is -2.23. The van der Waals surface area contributed by atoms with Gasteiger partial charge in [-0.3, -0.25) is 0 Å². The van der Waals surface area contributed by atoms with Crippen molar-refractivity contribution in [1.82, 2.24) is 5.32 Å². The van der Waals surface area contributed by atoms with Gasteiger partial charge in [0.15, 0.2) is 0 Å². The molecule has 1 aliphatic rings. The number of carbonyl (C=O) groups is 1. The van der Waals surface area contributed by atoms with E-state index in [2.05, 4.69) is 11.4 Å². The Morgan fingerprint density at radius 3 is 2.77 bits per heavy atom. The Labute approximate surface area is 179 Å². The first-order chi connectivity index (χ1) is 14.5. The maximum atomic E-state index is 11.2. The van der Waals surface area contributed by atoms with Crippen LogP contribution in [-0.2, 0) is 13.0 Å². The molecule has 5 nitrogen and oxygen atoms in total. The van der Waals surface area contributed by atoms with Crippen LogP contribution in [0.4, 0.5) is 0 Å². The van der Waals surface area contributed by atoms with Crippen LogP contribution >= 0.6 is 11.6 Å². The number of aromatic carboxylic acids is 1. The number of carboxylic acid groups (broad SMARTS) is 1. The summed E-state index contributed by atoms with van der Waals surface area (Å²) in [5, 5.41) is 23.4. The van der Waals surface area contributed by atoms with Gasteiger partial charge in [-0.15, -0.1) is 0 Å². The van der Waals surface area contributed by atoms with Crippen LogP contribution in [0.1, 0.15) is 33.2 Å². The van der Waals surface area contributed by atoms with Gasteiger partial charge in [-0.25, -0.2) is 4.79 Å². The van der Waals surface area contributed by atoms with E-state index in [0.717, 1.165) is 40.0 Å². The van der Waals surface area contributed by atoms with Crippen LogP contribution < -0.4 is 10.1 Å².